The van der Waals surface area contributed by atoms with Crippen LogP contribution in [0.1, 0.15) is 22.5 Å². The predicted molar refractivity (Wildman–Crippen MR) is 123 cm³/mol. The summed E-state index contributed by atoms with van der Waals surface area (Å²) in [5.41, 5.74) is 4.75. The maximum Gasteiger partial charge on any atom is 0.326 e. The summed E-state index contributed by atoms with van der Waals surface area (Å²) in [6, 6.07) is 16.7. The Morgan fingerprint density at radius 2 is 1.77 bits per heavy atom. The largest absolute Gasteiger partial charge is 0.338 e. The Hall–Kier alpha value is -3.45. The van der Waals surface area contributed by atoms with Crippen LogP contribution in [0.5, 0.6) is 0 Å². The molecule has 0 saturated carbocycles. The van der Waals surface area contributed by atoms with Gasteiger partial charge in [-0.25, -0.2) is 14.8 Å². The topological polar surface area (TPSA) is 82.5 Å². The lowest BCUT2D eigenvalue weighted by atomic mass is 10.0. The number of amides is 2. The number of nitrogens with one attached hydrogen (secondary N) is 2. The number of carbonyl (C=O) groups is 1. The van der Waals surface area contributed by atoms with Crippen molar-refractivity contribution in [3.05, 3.63) is 82.1 Å². The third-order valence-corrected chi connectivity index (χ3v) is 5.15. The average Bonchev–Trinajstić information content (AvgIpc) is 2.72. The molecule has 4 rings (SSSR count). The van der Waals surface area contributed by atoms with Crippen LogP contribution in [0.25, 0.3) is 0 Å². The molecule has 3 aromatic rings. The number of rotatable bonds is 2. The first-order chi connectivity index (χ1) is 15.0. The molecule has 1 aliphatic rings. The van der Waals surface area contributed by atoms with E-state index in [1.165, 1.54) is 11.1 Å². The molecular weight excluding hydrogens is 412 g/mol. The van der Waals surface area contributed by atoms with E-state index in [4.69, 9.17) is 11.6 Å². The summed E-state index contributed by atoms with van der Waals surface area (Å²) in [6.07, 6.45) is 0.862. The van der Waals surface area contributed by atoms with Crippen LogP contribution in [0, 0.1) is 13.8 Å². The Morgan fingerprint density at radius 3 is 2.52 bits per heavy atom. The zero-order valence-corrected chi connectivity index (χ0v) is 18.1. The van der Waals surface area contributed by atoms with Crippen LogP contribution in [-0.2, 0) is 13.0 Å². The first-order valence-electron chi connectivity index (χ1n) is 10.0. The summed E-state index contributed by atoms with van der Waals surface area (Å²) in [5.74, 6) is 0.716. The van der Waals surface area contributed by atoms with Gasteiger partial charge in [0.05, 0.1) is 0 Å². The van der Waals surface area contributed by atoms with Crippen LogP contribution in [0.3, 0.4) is 0 Å². The van der Waals surface area contributed by atoms with Gasteiger partial charge in [0.15, 0.2) is 0 Å². The number of guanidine groups is 1. The summed E-state index contributed by atoms with van der Waals surface area (Å²) < 4.78 is 0. The van der Waals surface area contributed by atoms with Gasteiger partial charge >= 0.3 is 6.03 Å². The maximum atomic E-state index is 12.7. The number of hydrogen-bond acceptors (Lipinski definition) is 4. The summed E-state index contributed by atoms with van der Waals surface area (Å²) >= 11 is 6.02. The Balaban J connectivity index is 1.61. The fraction of sp³-hybridized carbons (Fsp3) is 0.217. The SMILES string of the molecule is Cc1cc(C)nc(/N=C(\NC(=O)Nc2cccc(Cl)c2)N2CCc3ccccc3C2)n1. The summed E-state index contributed by atoms with van der Waals surface area (Å²) in [5, 5.41) is 6.22. The van der Waals surface area contributed by atoms with Gasteiger partial charge in [-0.15, -0.1) is 0 Å². The van der Waals surface area contributed by atoms with Crippen molar-refractivity contribution in [3.63, 3.8) is 0 Å². The van der Waals surface area contributed by atoms with Gasteiger partial charge in [-0.1, -0.05) is 41.9 Å². The fourth-order valence-electron chi connectivity index (χ4n) is 3.54. The number of aryl methyl sites for hydroxylation is 2. The number of nitrogens with zero attached hydrogens (tertiary/aromatic N) is 4. The minimum Gasteiger partial charge on any atom is -0.338 e. The number of fused-ring (bicyclic) bond motifs is 1. The molecule has 8 heteroatoms. The van der Waals surface area contributed by atoms with Gasteiger partial charge in [0, 0.05) is 35.2 Å². The monoisotopic (exact) mass is 434 g/mol. The molecule has 1 aromatic heterocycles. The van der Waals surface area contributed by atoms with Crippen LogP contribution in [0.15, 0.2) is 59.6 Å². The number of halogens is 1. The van der Waals surface area contributed by atoms with Crippen LogP contribution < -0.4 is 10.6 Å². The van der Waals surface area contributed by atoms with Crippen molar-refractivity contribution in [1.82, 2.24) is 20.2 Å². The molecule has 2 N–H and O–H groups in total. The molecule has 0 radical (unpaired) electrons. The van der Waals surface area contributed by atoms with Crippen molar-refractivity contribution in [1.29, 1.82) is 0 Å². The first kappa shape index (κ1) is 20.8. The molecule has 2 aromatic carbocycles. The Morgan fingerprint density at radius 1 is 1.03 bits per heavy atom. The predicted octanol–water partition coefficient (Wildman–Crippen LogP) is 4.61. The van der Waals surface area contributed by atoms with E-state index in [9.17, 15) is 4.79 Å². The smallest absolute Gasteiger partial charge is 0.326 e. The van der Waals surface area contributed by atoms with E-state index in [0.29, 0.717) is 29.2 Å². The molecule has 2 heterocycles. The lowest BCUT2D eigenvalue weighted by Gasteiger charge is -2.31. The molecule has 2 amide bonds. The number of aliphatic imine (C=N–C) groups is 1. The zero-order valence-electron chi connectivity index (χ0n) is 17.4. The zero-order chi connectivity index (χ0) is 21.8. The lowest BCUT2D eigenvalue weighted by Crippen LogP contribution is -2.47. The van der Waals surface area contributed by atoms with Crippen molar-refractivity contribution < 1.29 is 4.79 Å². The van der Waals surface area contributed by atoms with Crippen LogP contribution in [0.2, 0.25) is 5.02 Å². The van der Waals surface area contributed by atoms with Crippen molar-refractivity contribution >= 4 is 35.2 Å². The minimum atomic E-state index is -0.413. The molecule has 0 unspecified atom stereocenters. The molecule has 0 saturated heterocycles. The molecule has 0 fully saturated rings. The second kappa shape index (κ2) is 9.14. The number of aromatic nitrogens is 2. The minimum absolute atomic E-state index is 0.314. The van der Waals surface area contributed by atoms with Gasteiger partial charge in [-0.05, 0) is 55.7 Å². The van der Waals surface area contributed by atoms with Crippen molar-refractivity contribution in [2.75, 3.05) is 11.9 Å². The quantitative estimate of drug-likeness (QED) is 0.455. The van der Waals surface area contributed by atoms with Gasteiger partial charge < -0.3 is 10.2 Å². The summed E-state index contributed by atoms with van der Waals surface area (Å²) in [4.78, 5) is 28.2. The molecule has 0 spiro atoms. The van der Waals surface area contributed by atoms with Gasteiger partial charge in [-0.2, -0.15) is 4.99 Å². The van der Waals surface area contributed by atoms with Crippen LogP contribution in [-0.4, -0.2) is 33.4 Å². The number of urea groups is 1. The Labute approximate surface area is 186 Å². The Bertz CT molecular complexity index is 1130. The molecule has 158 valence electrons. The van der Waals surface area contributed by atoms with E-state index in [1.807, 2.05) is 36.9 Å². The third-order valence-electron chi connectivity index (χ3n) is 4.91. The molecule has 1 aliphatic heterocycles. The molecular formula is C23H23ClN6O. The van der Waals surface area contributed by atoms with E-state index in [1.54, 1.807) is 24.3 Å². The van der Waals surface area contributed by atoms with Gasteiger partial charge in [-0.3, -0.25) is 5.32 Å². The van der Waals surface area contributed by atoms with E-state index in [2.05, 4.69) is 37.7 Å². The second-order valence-corrected chi connectivity index (χ2v) is 7.85. The maximum absolute atomic E-state index is 12.7. The highest BCUT2D eigenvalue weighted by Crippen LogP contribution is 2.20. The van der Waals surface area contributed by atoms with E-state index >= 15 is 0 Å². The normalized spacial score (nSPS) is 13.5. The molecule has 0 aliphatic carbocycles. The van der Waals surface area contributed by atoms with Crippen molar-refractivity contribution in [2.24, 2.45) is 4.99 Å². The van der Waals surface area contributed by atoms with Gasteiger partial charge in [0.25, 0.3) is 5.95 Å². The number of benzene rings is 2. The van der Waals surface area contributed by atoms with Gasteiger partial charge in [0.1, 0.15) is 0 Å². The number of carbonyl (C=O) groups excluding carboxylic acids is 1. The average molecular weight is 435 g/mol. The highest BCUT2D eigenvalue weighted by Gasteiger charge is 2.21. The fourth-order valence-corrected chi connectivity index (χ4v) is 3.73. The summed E-state index contributed by atoms with van der Waals surface area (Å²) in [6.45, 7) is 5.14. The molecule has 0 bridgehead atoms. The van der Waals surface area contributed by atoms with Crippen LogP contribution >= 0.6 is 11.6 Å². The summed E-state index contributed by atoms with van der Waals surface area (Å²) in [7, 11) is 0. The highest BCUT2D eigenvalue weighted by atomic mass is 35.5. The number of anilines is 1. The molecule has 31 heavy (non-hydrogen) atoms. The first-order valence-corrected chi connectivity index (χ1v) is 10.4. The van der Waals surface area contributed by atoms with E-state index in [-0.39, 0.29) is 0 Å². The van der Waals surface area contributed by atoms with Crippen LogP contribution in [0.4, 0.5) is 16.4 Å². The molecule has 7 nitrogen and oxygen atoms in total. The van der Waals surface area contributed by atoms with E-state index < -0.39 is 6.03 Å². The lowest BCUT2D eigenvalue weighted by molar-refractivity contribution is 0.254. The Kier molecular flexibility index (Phi) is 6.13. The van der Waals surface area contributed by atoms with Crippen molar-refractivity contribution in [2.45, 2.75) is 26.8 Å². The standard InChI is InChI=1S/C23H23ClN6O/c1-15-12-16(2)26-21(25-15)28-22(29-23(31)27-20-9-5-8-19(24)13-20)30-11-10-17-6-3-4-7-18(17)14-30/h3-9,12-13H,10-11,14H2,1-2H3,(H2,25,26,27,28,29,31). The van der Waals surface area contributed by atoms with E-state index in [0.717, 1.165) is 24.4 Å². The van der Waals surface area contributed by atoms with Crippen molar-refractivity contribution in [3.8, 4) is 0 Å². The highest BCUT2D eigenvalue weighted by molar-refractivity contribution is 6.30. The number of hydrogen-bond donors (Lipinski definition) is 2. The third kappa shape index (κ3) is 5.38. The second-order valence-electron chi connectivity index (χ2n) is 7.42. The molecule has 0 atom stereocenters. The van der Waals surface area contributed by atoms with Gasteiger partial charge in [0.2, 0.25) is 5.96 Å².